The number of hydrogen-bond donors (Lipinski definition) is 2. The van der Waals surface area contributed by atoms with Crippen molar-refractivity contribution in [2.75, 3.05) is 20.7 Å². The van der Waals surface area contributed by atoms with Crippen LogP contribution in [0.5, 0.6) is 5.75 Å². The number of H-pyrrole nitrogens is 1. The van der Waals surface area contributed by atoms with Gasteiger partial charge in [0.25, 0.3) is 11.8 Å². The summed E-state index contributed by atoms with van der Waals surface area (Å²) in [6.07, 6.45) is 5.10. The molecular weight excluding hydrogens is 437 g/mol. The smallest absolute Gasteiger partial charge is 0.254 e. The van der Waals surface area contributed by atoms with Crippen LogP contribution in [0.15, 0.2) is 55.0 Å². The van der Waals surface area contributed by atoms with Gasteiger partial charge >= 0.3 is 0 Å². The van der Waals surface area contributed by atoms with Crippen molar-refractivity contribution in [2.24, 2.45) is 0 Å². The van der Waals surface area contributed by atoms with Crippen LogP contribution in [-0.2, 0) is 6.54 Å². The van der Waals surface area contributed by atoms with Gasteiger partial charge in [0, 0.05) is 55.1 Å². The van der Waals surface area contributed by atoms with Gasteiger partial charge in [-0.2, -0.15) is 5.10 Å². The number of nitrogens with zero attached hydrogens (tertiary/aromatic N) is 3. The third-order valence-electron chi connectivity index (χ3n) is 5.47. The minimum Gasteiger partial charge on any atom is -0.493 e. The average Bonchev–Trinajstić information content (AvgIpc) is 3.34. The van der Waals surface area contributed by atoms with Crippen LogP contribution in [0.3, 0.4) is 0 Å². The first-order chi connectivity index (χ1) is 16.4. The molecule has 4 rings (SSSR count). The predicted molar refractivity (Wildman–Crippen MR) is 126 cm³/mol. The lowest BCUT2D eigenvalue weighted by molar-refractivity contribution is 0.0784. The second kappa shape index (κ2) is 9.70. The molecule has 0 radical (unpaired) electrons. The van der Waals surface area contributed by atoms with E-state index in [-0.39, 0.29) is 11.5 Å². The third kappa shape index (κ3) is 4.45. The van der Waals surface area contributed by atoms with E-state index in [1.807, 2.05) is 6.92 Å². The number of nitrogens with one attached hydrogen (secondary N) is 2. The molecule has 2 heterocycles. The number of carbonyl (C=O) groups is 2. The van der Waals surface area contributed by atoms with Crippen molar-refractivity contribution in [2.45, 2.75) is 13.5 Å². The third-order valence-corrected chi connectivity index (χ3v) is 5.47. The summed E-state index contributed by atoms with van der Waals surface area (Å²) in [5.74, 6) is -0.869. The number of hydrogen-bond acceptors (Lipinski definition) is 5. The molecule has 4 aromatic rings. The molecule has 0 unspecified atom stereocenters. The van der Waals surface area contributed by atoms with E-state index in [0.29, 0.717) is 35.6 Å². The summed E-state index contributed by atoms with van der Waals surface area (Å²) in [6, 6.07) is 9.38. The van der Waals surface area contributed by atoms with Crippen LogP contribution in [0, 0.1) is 5.82 Å². The van der Waals surface area contributed by atoms with Crippen LogP contribution in [0.2, 0.25) is 0 Å². The van der Waals surface area contributed by atoms with Crippen LogP contribution >= 0.6 is 0 Å². The molecular formula is C25H24FN5O3. The van der Waals surface area contributed by atoms with Gasteiger partial charge in [-0.05, 0) is 42.8 Å². The lowest BCUT2D eigenvalue weighted by Crippen LogP contribution is -2.26. The fourth-order valence-electron chi connectivity index (χ4n) is 3.76. The standard InChI is InChI=1S/C25H24FN5O3/c1-4-34-22-10-16(5-7-19(22)15-6-8-21(26)20(9-15)24(32)27-2)25(33)31(3)14-18-12-28-11-17-13-29-30-23(17)18/h5-13H,4,14H2,1-3H3,(H,27,32)(H,29,30). The minimum atomic E-state index is -0.615. The number of ether oxygens (including phenoxy) is 1. The number of pyridine rings is 1. The zero-order valence-corrected chi connectivity index (χ0v) is 19.1. The van der Waals surface area contributed by atoms with Gasteiger partial charge in [-0.25, -0.2) is 4.39 Å². The Bertz CT molecular complexity index is 1370. The number of aromatic nitrogens is 3. The number of aromatic amines is 1. The maximum Gasteiger partial charge on any atom is 0.254 e. The Morgan fingerprint density at radius 3 is 2.74 bits per heavy atom. The first-order valence-electron chi connectivity index (χ1n) is 10.7. The zero-order valence-electron chi connectivity index (χ0n) is 19.1. The molecule has 0 fully saturated rings. The normalized spacial score (nSPS) is 10.8. The molecule has 2 N–H and O–H groups in total. The molecule has 0 bridgehead atoms. The van der Waals surface area contributed by atoms with E-state index in [1.54, 1.807) is 54.8 Å². The van der Waals surface area contributed by atoms with E-state index < -0.39 is 11.7 Å². The molecule has 0 aliphatic heterocycles. The van der Waals surface area contributed by atoms with Crippen molar-refractivity contribution in [3.05, 3.63) is 77.5 Å². The summed E-state index contributed by atoms with van der Waals surface area (Å²) in [4.78, 5) is 31.0. The van der Waals surface area contributed by atoms with Gasteiger partial charge in [0.15, 0.2) is 0 Å². The van der Waals surface area contributed by atoms with Gasteiger partial charge in [-0.3, -0.25) is 19.7 Å². The summed E-state index contributed by atoms with van der Waals surface area (Å²) in [7, 11) is 3.15. The SMILES string of the molecule is CCOc1cc(C(=O)N(C)Cc2cncc3cn[nH]c23)ccc1-c1ccc(F)c(C(=O)NC)c1. The van der Waals surface area contributed by atoms with E-state index in [4.69, 9.17) is 4.74 Å². The van der Waals surface area contributed by atoms with Gasteiger partial charge in [0.2, 0.25) is 0 Å². The van der Waals surface area contributed by atoms with E-state index in [1.165, 1.54) is 19.2 Å². The van der Waals surface area contributed by atoms with Crippen molar-refractivity contribution >= 4 is 22.7 Å². The molecule has 8 nitrogen and oxygen atoms in total. The van der Waals surface area contributed by atoms with Gasteiger partial charge in [-0.15, -0.1) is 0 Å². The van der Waals surface area contributed by atoms with Crippen LogP contribution in [0.25, 0.3) is 22.0 Å². The average molecular weight is 461 g/mol. The Morgan fingerprint density at radius 2 is 1.97 bits per heavy atom. The highest BCUT2D eigenvalue weighted by Crippen LogP contribution is 2.33. The number of carbonyl (C=O) groups excluding carboxylic acids is 2. The molecule has 2 aromatic heterocycles. The fraction of sp³-hybridized carbons (Fsp3) is 0.200. The summed E-state index contributed by atoms with van der Waals surface area (Å²) in [5.41, 5.74) is 3.31. The number of fused-ring (bicyclic) bond motifs is 1. The predicted octanol–water partition coefficient (Wildman–Crippen LogP) is 3.79. The largest absolute Gasteiger partial charge is 0.493 e. The van der Waals surface area contributed by atoms with E-state index >= 15 is 0 Å². The highest BCUT2D eigenvalue weighted by Gasteiger charge is 2.19. The Labute approximate surface area is 195 Å². The van der Waals surface area contributed by atoms with Crippen molar-refractivity contribution in [3.8, 4) is 16.9 Å². The van der Waals surface area contributed by atoms with Crippen LogP contribution in [0.1, 0.15) is 33.2 Å². The lowest BCUT2D eigenvalue weighted by atomic mass is 9.99. The Kier molecular flexibility index (Phi) is 6.53. The lowest BCUT2D eigenvalue weighted by Gasteiger charge is -2.19. The fourth-order valence-corrected chi connectivity index (χ4v) is 3.76. The van der Waals surface area contributed by atoms with Crippen molar-refractivity contribution in [3.63, 3.8) is 0 Å². The van der Waals surface area contributed by atoms with Crippen molar-refractivity contribution in [1.29, 1.82) is 0 Å². The van der Waals surface area contributed by atoms with Crippen molar-refractivity contribution in [1.82, 2.24) is 25.4 Å². The Morgan fingerprint density at radius 1 is 1.15 bits per heavy atom. The van der Waals surface area contributed by atoms with Crippen molar-refractivity contribution < 1.29 is 18.7 Å². The molecule has 2 amide bonds. The molecule has 34 heavy (non-hydrogen) atoms. The minimum absolute atomic E-state index is 0.0658. The summed E-state index contributed by atoms with van der Waals surface area (Å²) >= 11 is 0. The molecule has 0 atom stereocenters. The van der Waals surface area contributed by atoms with E-state index in [2.05, 4.69) is 20.5 Å². The van der Waals surface area contributed by atoms with Gasteiger partial charge in [-0.1, -0.05) is 6.07 Å². The molecule has 0 aliphatic carbocycles. The monoisotopic (exact) mass is 461 g/mol. The maximum atomic E-state index is 14.1. The molecule has 0 aliphatic rings. The molecule has 174 valence electrons. The van der Waals surface area contributed by atoms with E-state index in [9.17, 15) is 14.0 Å². The first kappa shape index (κ1) is 22.9. The maximum absolute atomic E-state index is 14.1. The first-order valence-corrected chi connectivity index (χ1v) is 10.7. The number of halogens is 1. The van der Waals surface area contributed by atoms with Gasteiger partial charge in [0.1, 0.15) is 11.6 Å². The topological polar surface area (TPSA) is 100 Å². The second-order valence-electron chi connectivity index (χ2n) is 7.71. The molecule has 0 spiro atoms. The highest BCUT2D eigenvalue weighted by molar-refractivity contribution is 5.97. The van der Waals surface area contributed by atoms with Crippen LogP contribution in [-0.4, -0.2) is 52.6 Å². The molecule has 0 saturated carbocycles. The van der Waals surface area contributed by atoms with E-state index in [0.717, 1.165) is 16.5 Å². The Hall–Kier alpha value is -4.27. The van der Waals surface area contributed by atoms with Crippen LogP contribution < -0.4 is 10.1 Å². The van der Waals surface area contributed by atoms with Gasteiger partial charge in [0.05, 0.1) is 23.9 Å². The number of benzene rings is 2. The molecule has 0 saturated heterocycles. The highest BCUT2D eigenvalue weighted by atomic mass is 19.1. The summed E-state index contributed by atoms with van der Waals surface area (Å²) in [6.45, 7) is 2.55. The number of amides is 2. The number of rotatable bonds is 7. The zero-order chi connectivity index (χ0) is 24.2. The Balaban J connectivity index is 1.64. The molecule has 9 heteroatoms. The quantitative estimate of drug-likeness (QED) is 0.436. The second-order valence-corrected chi connectivity index (χ2v) is 7.71. The summed E-state index contributed by atoms with van der Waals surface area (Å²) < 4.78 is 19.9. The molecule has 2 aromatic carbocycles. The van der Waals surface area contributed by atoms with Gasteiger partial charge < -0.3 is 15.0 Å². The van der Waals surface area contributed by atoms with Crippen LogP contribution in [0.4, 0.5) is 4.39 Å². The summed E-state index contributed by atoms with van der Waals surface area (Å²) in [5, 5.41) is 10.3.